The van der Waals surface area contributed by atoms with E-state index in [9.17, 15) is 13.2 Å². The SMILES string of the molecule is C#C[C@H](NC)n1ncc(Nc2ncc(C(F)(F)F)c(NC)n2)c1C. The van der Waals surface area contributed by atoms with Crippen molar-refractivity contribution in [3.05, 3.63) is 23.7 Å². The number of halogens is 3. The molecule has 2 rings (SSSR count). The van der Waals surface area contributed by atoms with Crippen LogP contribution in [0.3, 0.4) is 0 Å². The highest BCUT2D eigenvalue weighted by molar-refractivity contribution is 5.58. The Balaban J connectivity index is 2.31. The molecule has 7 nitrogen and oxygen atoms in total. The number of hydrogen-bond acceptors (Lipinski definition) is 6. The number of alkyl halides is 3. The van der Waals surface area contributed by atoms with Gasteiger partial charge in [0.15, 0.2) is 6.17 Å². The van der Waals surface area contributed by atoms with Crippen LogP contribution in [0.5, 0.6) is 0 Å². The first-order chi connectivity index (χ1) is 11.3. The van der Waals surface area contributed by atoms with Crippen LogP contribution in [-0.2, 0) is 6.18 Å². The number of anilines is 3. The van der Waals surface area contributed by atoms with Gasteiger partial charge in [0.25, 0.3) is 0 Å². The Kier molecular flexibility index (Phi) is 4.94. The molecular weight excluding hydrogens is 323 g/mol. The van der Waals surface area contributed by atoms with Crippen LogP contribution < -0.4 is 16.0 Å². The summed E-state index contributed by atoms with van der Waals surface area (Å²) in [5, 5.41) is 12.3. The van der Waals surface area contributed by atoms with Crippen molar-refractivity contribution in [2.75, 3.05) is 24.7 Å². The molecule has 0 bridgehead atoms. The number of hydrogen-bond donors (Lipinski definition) is 3. The van der Waals surface area contributed by atoms with E-state index in [-0.39, 0.29) is 11.8 Å². The molecule has 2 heterocycles. The summed E-state index contributed by atoms with van der Waals surface area (Å²) in [5.41, 5.74) is 0.277. The smallest absolute Gasteiger partial charge is 0.372 e. The Morgan fingerprint density at radius 1 is 1.29 bits per heavy atom. The quantitative estimate of drug-likeness (QED) is 0.725. The minimum atomic E-state index is -4.54. The van der Waals surface area contributed by atoms with Gasteiger partial charge in [-0.15, -0.1) is 6.42 Å². The van der Waals surface area contributed by atoms with Crippen LogP contribution in [0.15, 0.2) is 12.4 Å². The lowest BCUT2D eigenvalue weighted by molar-refractivity contribution is -0.137. The van der Waals surface area contributed by atoms with E-state index in [1.165, 1.54) is 13.2 Å². The zero-order valence-electron chi connectivity index (χ0n) is 13.2. The third kappa shape index (κ3) is 3.41. The maximum absolute atomic E-state index is 12.8. The molecule has 3 N–H and O–H groups in total. The van der Waals surface area contributed by atoms with E-state index in [0.29, 0.717) is 11.4 Å². The number of nitrogens with one attached hydrogen (secondary N) is 3. The molecule has 0 radical (unpaired) electrons. The minimum absolute atomic E-state index is 0.0108. The van der Waals surface area contributed by atoms with E-state index in [1.54, 1.807) is 18.7 Å². The van der Waals surface area contributed by atoms with Gasteiger partial charge in [0.05, 0.1) is 17.6 Å². The fraction of sp³-hybridized carbons (Fsp3) is 0.357. The van der Waals surface area contributed by atoms with Gasteiger partial charge in [-0.05, 0) is 14.0 Å². The zero-order chi connectivity index (χ0) is 17.9. The van der Waals surface area contributed by atoms with Crippen LogP contribution in [0.4, 0.5) is 30.6 Å². The maximum Gasteiger partial charge on any atom is 0.421 e. The molecule has 2 aromatic heterocycles. The molecule has 0 saturated heterocycles. The summed E-state index contributed by atoms with van der Waals surface area (Å²) in [4.78, 5) is 7.55. The monoisotopic (exact) mass is 339 g/mol. The lowest BCUT2D eigenvalue weighted by Crippen LogP contribution is -2.23. The molecule has 0 spiro atoms. The lowest BCUT2D eigenvalue weighted by atomic mass is 10.3. The van der Waals surface area contributed by atoms with Crippen LogP contribution >= 0.6 is 0 Å². The van der Waals surface area contributed by atoms with Gasteiger partial charge in [0.1, 0.15) is 11.4 Å². The van der Waals surface area contributed by atoms with E-state index >= 15 is 0 Å². The summed E-state index contributed by atoms with van der Waals surface area (Å²) in [6.07, 6.45) is 2.65. The fourth-order valence-electron chi connectivity index (χ4n) is 2.04. The fourth-order valence-corrected chi connectivity index (χ4v) is 2.04. The van der Waals surface area contributed by atoms with E-state index in [1.807, 2.05) is 0 Å². The summed E-state index contributed by atoms with van der Waals surface area (Å²) in [7, 11) is 3.05. The summed E-state index contributed by atoms with van der Waals surface area (Å²) in [6, 6.07) is 0. The van der Waals surface area contributed by atoms with Gasteiger partial charge in [-0.1, -0.05) is 5.92 Å². The predicted molar refractivity (Wildman–Crippen MR) is 83.8 cm³/mol. The standard InChI is InChI=1S/C14H16F3N7/c1-5-11(18-3)24-8(2)10(7-21-24)22-13-20-6-9(14(15,16)17)12(19-4)23-13/h1,6-7,11,18H,2-4H3,(H2,19,20,22,23)/t11-/m1/s1. The van der Waals surface area contributed by atoms with Crippen LogP contribution in [0.25, 0.3) is 0 Å². The molecule has 0 aliphatic rings. The highest BCUT2D eigenvalue weighted by Gasteiger charge is 2.35. The Morgan fingerprint density at radius 3 is 2.54 bits per heavy atom. The molecule has 0 aromatic carbocycles. The van der Waals surface area contributed by atoms with Gasteiger partial charge in [-0.2, -0.15) is 23.3 Å². The number of nitrogens with zero attached hydrogens (tertiary/aromatic N) is 4. The summed E-state index contributed by atoms with van der Waals surface area (Å²) in [6.45, 7) is 1.76. The molecule has 0 amide bonds. The van der Waals surface area contributed by atoms with Crippen LogP contribution in [0.2, 0.25) is 0 Å². The highest BCUT2D eigenvalue weighted by atomic mass is 19.4. The first-order valence-corrected chi connectivity index (χ1v) is 6.88. The van der Waals surface area contributed by atoms with Crippen molar-refractivity contribution < 1.29 is 13.2 Å². The highest BCUT2D eigenvalue weighted by Crippen LogP contribution is 2.34. The minimum Gasteiger partial charge on any atom is -0.372 e. The van der Waals surface area contributed by atoms with E-state index in [2.05, 4.69) is 36.9 Å². The van der Waals surface area contributed by atoms with Crippen LogP contribution in [-0.4, -0.2) is 33.8 Å². The van der Waals surface area contributed by atoms with Crippen molar-refractivity contribution in [1.82, 2.24) is 25.1 Å². The Hall–Kier alpha value is -2.80. The van der Waals surface area contributed by atoms with E-state index < -0.39 is 17.9 Å². The predicted octanol–water partition coefficient (Wildman–Crippen LogP) is 2.14. The van der Waals surface area contributed by atoms with Crippen LogP contribution in [0, 0.1) is 19.3 Å². The molecule has 10 heteroatoms. The molecule has 1 atom stereocenters. The Labute approximate surface area is 136 Å². The molecule has 24 heavy (non-hydrogen) atoms. The third-order valence-electron chi connectivity index (χ3n) is 3.30. The molecular formula is C14H16F3N7. The Bertz CT molecular complexity index is 761. The van der Waals surface area contributed by atoms with Crippen molar-refractivity contribution in [3.63, 3.8) is 0 Å². The molecule has 0 aliphatic carbocycles. The zero-order valence-corrected chi connectivity index (χ0v) is 13.2. The second-order valence-electron chi connectivity index (χ2n) is 4.77. The number of rotatable bonds is 5. The molecule has 0 aliphatic heterocycles. The normalized spacial score (nSPS) is 12.5. The summed E-state index contributed by atoms with van der Waals surface area (Å²) in [5.74, 6) is 2.22. The first kappa shape index (κ1) is 17.6. The van der Waals surface area contributed by atoms with E-state index in [0.717, 1.165) is 6.20 Å². The van der Waals surface area contributed by atoms with Gasteiger partial charge < -0.3 is 10.6 Å². The third-order valence-corrected chi connectivity index (χ3v) is 3.30. The van der Waals surface area contributed by atoms with Crippen LogP contribution in [0.1, 0.15) is 17.4 Å². The largest absolute Gasteiger partial charge is 0.421 e. The van der Waals surface area contributed by atoms with Crippen molar-refractivity contribution in [2.45, 2.75) is 19.3 Å². The molecule has 128 valence electrons. The van der Waals surface area contributed by atoms with Gasteiger partial charge in [-0.3, -0.25) is 5.32 Å². The lowest BCUT2D eigenvalue weighted by Gasteiger charge is -2.14. The average molecular weight is 339 g/mol. The molecule has 0 saturated carbocycles. The Morgan fingerprint density at radius 2 is 2.00 bits per heavy atom. The van der Waals surface area contributed by atoms with Gasteiger partial charge in [0, 0.05) is 13.2 Å². The maximum atomic E-state index is 12.8. The molecule has 2 aromatic rings. The van der Waals surface area contributed by atoms with Crippen molar-refractivity contribution >= 4 is 17.5 Å². The number of terminal acetylenes is 1. The van der Waals surface area contributed by atoms with Gasteiger partial charge in [-0.25, -0.2) is 9.67 Å². The topological polar surface area (TPSA) is 79.7 Å². The van der Waals surface area contributed by atoms with Crippen molar-refractivity contribution in [3.8, 4) is 12.3 Å². The summed E-state index contributed by atoms with van der Waals surface area (Å²) < 4.78 is 40.1. The van der Waals surface area contributed by atoms with Crippen molar-refractivity contribution in [1.29, 1.82) is 0 Å². The second-order valence-corrected chi connectivity index (χ2v) is 4.77. The summed E-state index contributed by atoms with van der Waals surface area (Å²) >= 11 is 0. The van der Waals surface area contributed by atoms with E-state index in [4.69, 9.17) is 6.42 Å². The second kappa shape index (κ2) is 6.76. The average Bonchev–Trinajstić information content (AvgIpc) is 2.89. The molecule has 0 fully saturated rings. The number of aromatic nitrogens is 4. The molecule has 0 unspecified atom stereocenters. The first-order valence-electron chi connectivity index (χ1n) is 6.88. The van der Waals surface area contributed by atoms with Gasteiger partial charge >= 0.3 is 6.18 Å². The van der Waals surface area contributed by atoms with Gasteiger partial charge in [0.2, 0.25) is 5.95 Å². The van der Waals surface area contributed by atoms with Crippen molar-refractivity contribution in [2.24, 2.45) is 0 Å².